The number of rotatable bonds is 7. The first-order chi connectivity index (χ1) is 13.5. The van der Waals surface area contributed by atoms with Crippen molar-refractivity contribution >= 4 is 51.7 Å². The van der Waals surface area contributed by atoms with Crippen LogP contribution in [0.15, 0.2) is 46.8 Å². The molecule has 0 spiro atoms. The molecule has 1 saturated heterocycles. The van der Waals surface area contributed by atoms with Crippen LogP contribution in [0, 0.1) is 0 Å². The van der Waals surface area contributed by atoms with E-state index in [2.05, 4.69) is 16.9 Å². The Balaban J connectivity index is 2.14. The highest BCUT2D eigenvalue weighted by Gasteiger charge is 2.31. The maximum absolute atomic E-state index is 13.1. The summed E-state index contributed by atoms with van der Waals surface area (Å²) in [4.78, 5) is 32.0. The van der Waals surface area contributed by atoms with Crippen molar-refractivity contribution < 1.29 is 9.90 Å². The fraction of sp³-hybridized carbons (Fsp3) is 0.263. The van der Waals surface area contributed by atoms with E-state index in [-0.39, 0.29) is 29.7 Å². The number of aromatic nitrogens is 2. The van der Waals surface area contributed by atoms with Crippen LogP contribution in [0.1, 0.15) is 18.9 Å². The fourth-order valence-corrected chi connectivity index (χ4v) is 3.99. The van der Waals surface area contributed by atoms with Crippen LogP contribution in [0.25, 0.3) is 11.7 Å². The molecule has 1 atom stereocenters. The van der Waals surface area contributed by atoms with Crippen LogP contribution in [-0.4, -0.2) is 48.8 Å². The molecule has 0 bridgehead atoms. The lowest BCUT2D eigenvalue weighted by Gasteiger charge is -2.17. The van der Waals surface area contributed by atoms with E-state index < -0.39 is 0 Å². The van der Waals surface area contributed by atoms with E-state index in [0.717, 1.165) is 11.8 Å². The van der Waals surface area contributed by atoms with Crippen LogP contribution < -0.4 is 10.9 Å². The lowest BCUT2D eigenvalue weighted by Crippen LogP contribution is -2.28. The number of aliphatic hydroxyl groups is 1. The largest absolute Gasteiger partial charge is 0.394 e. The highest BCUT2D eigenvalue weighted by Crippen LogP contribution is 2.33. The molecule has 1 aliphatic heterocycles. The van der Waals surface area contributed by atoms with Crippen LogP contribution in [0.3, 0.4) is 0 Å². The Kier molecular flexibility index (Phi) is 6.28. The number of fused-ring (bicyclic) bond motifs is 1. The molecule has 0 aromatic carbocycles. The SMILES string of the molecule is C=CCN1C(=O)/C(=C/c2c(N[C@H](CC)CO)nc3ccccn3c2=O)SC1=S. The van der Waals surface area contributed by atoms with Gasteiger partial charge in [-0.1, -0.05) is 43.0 Å². The minimum absolute atomic E-state index is 0.104. The Morgan fingerprint density at radius 2 is 2.21 bits per heavy atom. The summed E-state index contributed by atoms with van der Waals surface area (Å²) in [5.41, 5.74) is 0.406. The first kappa shape index (κ1) is 20.2. The van der Waals surface area contributed by atoms with Crippen LogP contribution in [0.5, 0.6) is 0 Å². The first-order valence-corrected chi connectivity index (χ1v) is 9.97. The third kappa shape index (κ3) is 3.87. The maximum Gasteiger partial charge on any atom is 0.267 e. The van der Waals surface area contributed by atoms with Gasteiger partial charge in [0.2, 0.25) is 0 Å². The second-order valence-electron chi connectivity index (χ2n) is 6.12. The number of hydrogen-bond acceptors (Lipinski definition) is 7. The molecule has 1 aliphatic rings. The standard InChI is InChI=1S/C19H20N4O3S2/c1-3-8-23-18(26)14(28-19(23)27)10-13-16(20-12(4-2)11-24)21-15-7-5-6-9-22(15)17(13)25/h3,5-7,9-10,12,20,24H,1,4,8,11H2,2H3/b14-10-/t12-/m1/s1. The van der Waals surface area contributed by atoms with Crippen LogP contribution in [0.2, 0.25) is 0 Å². The molecule has 7 nitrogen and oxygen atoms in total. The molecule has 0 unspecified atom stereocenters. The summed E-state index contributed by atoms with van der Waals surface area (Å²) in [7, 11) is 0. The number of pyridine rings is 1. The molecule has 1 amide bonds. The zero-order chi connectivity index (χ0) is 20.3. The van der Waals surface area contributed by atoms with E-state index in [9.17, 15) is 14.7 Å². The van der Waals surface area contributed by atoms with Gasteiger partial charge in [-0.3, -0.25) is 18.9 Å². The second-order valence-corrected chi connectivity index (χ2v) is 7.80. The van der Waals surface area contributed by atoms with E-state index in [1.165, 1.54) is 15.4 Å². The van der Waals surface area contributed by atoms with E-state index >= 15 is 0 Å². The molecule has 0 radical (unpaired) electrons. The summed E-state index contributed by atoms with van der Waals surface area (Å²) in [6.07, 6.45) is 5.38. The minimum Gasteiger partial charge on any atom is -0.394 e. The van der Waals surface area contributed by atoms with Crippen LogP contribution in [-0.2, 0) is 4.79 Å². The molecular weight excluding hydrogens is 396 g/mol. The van der Waals surface area contributed by atoms with E-state index in [0.29, 0.717) is 33.7 Å². The Labute approximate surface area is 171 Å². The van der Waals surface area contributed by atoms with Gasteiger partial charge in [0.05, 0.1) is 23.1 Å². The quantitative estimate of drug-likeness (QED) is 0.407. The predicted octanol–water partition coefficient (Wildman–Crippen LogP) is 2.26. The zero-order valence-corrected chi connectivity index (χ0v) is 16.9. The van der Waals surface area contributed by atoms with Gasteiger partial charge in [-0.2, -0.15) is 0 Å². The van der Waals surface area contributed by atoms with Crippen molar-refractivity contribution in [1.29, 1.82) is 0 Å². The van der Waals surface area contributed by atoms with Crippen molar-refractivity contribution in [2.45, 2.75) is 19.4 Å². The van der Waals surface area contributed by atoms with Crippen molar-refractivity contribution in [2.75, 3.05) is 18.5 Å². The van der Waals surface area contributed by atoms with Gasteiger partial charge in [-0.05, 0) is 24.6 Å². The van der Waals surface area contributed by atoms with Gasteiger partial charge >= 0.3 is 0 Å². The van der Waals surface area contributed by atoms with Crippen molar-refractivity contribution in [3.05, 3.63) is 57.9 Å². The number of anilines is 1. The molecule has 2 aromatic rings. The number of carbonyl (C=O) groups is 1. The number of nitrogens with one attached hydrogen (secondary N) is 1. The van der Waals surface area contributed by atoms with Gasteiger partial charge < -0.3 is 10.4 Å². The average Bonchev–Trinajstić information content (AvgIpc) is 2.96. The van der Waals surface area contributed by atoms with Crippen molar-refractivity contribution in [1.82, 2.24) is 14.3 Å². The first-order valence-electron chi connectivity index (χ1n) is 8.75. The summed E-state index contributed by atoms with van der Waals surface area (Å²) in [5, 5.41) is 12.6. The molecule has 0 saturated carbocycles. The summed E-state index contributed by atoms with van der Waals surface area (Å²) in [6.45, 7) is 5.76. The van der Waals surface area contributed by atoms with Gasteiger partial charge in [-0.25, -0.2) is 4.98 Å². The number of carbonyl (C=O) groups excluding carboxylic acids is 1. The Morgan fingerprint density at radius 1 is 1.43 bits per heavy atom. The lowest BCUT2D eigenvalue weighted by molar-refractivity contribution is -0.121. The smallest absolute Gasteiger partial charge is 0.267 e. The molecule has 146 valence electrons. The minimum atomic E-state index is -0.310. The van der Waals surface area contributed by atoms with Gasteiger partial charge in [0.1, 0.15) is 15.8 Å². The predicted molar refractivity (Wildman–Crippen MR) is 116 cm³/mol. The summed E-state index contributed by atoms with van der Waals surface area (Å²) >= 11 is 6.40. The number of amides is 1. The summed E-state index contributed by atoms with van der Waals surface area (Å²) in [5.74, 6) is 0.0543. The van der Waals surface area contributed by atoms with Gasteiger partial charge in [0, 0.05) is 12.7 Å². The normalized spacial score (nSPS) is 16.8. The molecular formula is C19H20N4O3S2. The van der Waals surface area contributed by atoms with Gasteiger partial charge in [0.25, 0.3) is 11.5 Å². The number of aliphatic hydroxyl groups excluding tert-OH is 1. The molecule has 0 aliphatic carbocycles. The number of hydrogen-bond donors (Lipinski definition) is 2. The molecule has 1 fully saturated rings. The highest BCUT2D eigenvalue weighted by molar-refractivity contribution is 8.26. The van der Waals surface area contributed by atoms with Gasteiger partial charge in [0.15, 0.2) is 0 Å². The molecule has 2 N–H and O–H groups in total. The Bertz CT molecular complexity index is 1030. The average molecular weight is 417 g/mol. The van der Waals surface area contributed by atoms with Crippen molar-refractivity contribution in [3.8, 4) is 0 Å². The second kappa shape index (κ2) is 8.68. The van der Waals surface area contributed by atoms with Crippen LogP contribution >= 0.6 is 24.0 Å². The van der Waals surface area contributed by atoms with E-state index in [1.807, 2.05) is 6.92 Å². The third-order valence-electron chi connectivity index (χ3n) is 4.28. The van der Waals surface area contributed by atoms with Crippen molar-refractivity contribution in [2.24, 2.45) is 0 Å². The molecule has 28 heavy (non-hydrogen) atoms. The molecule has 3 heterocycles. The topological polar surface area (TPSA) is 86.9 Å². The van der Waals surface area contributed by atoms with E-state index in [1.54, 1.807) is 30.5 Å². The monoisotopic (exact) mass is 416 g/mol. The Hall–Kier alpha value is -2.49. The number of nitrogens with zero attached hydrogens (tertiary/aromatic N) is 3. The highest BCUT2D eigenvalue weighted by atomic mass is 32.2. The Morgan fingerprint density at radius 3 is 2.89 bits per heavy atom. The van der Waals surface area contributed by atoms with Gasteiger partial charge in [-0.15, -0.1) is 6.58 Å². The molecule has 2 aromatic heterocycles. The van der Waals surface area contributed by atoms with Crippen LogP contribution in [0.4, 0.5) is 5.82 Å². The zero-order valence-electron chi connectivity index (χ0n) is 15.3. The molecule has 9 heteroatoms. The third-order valence-corrected chi connectivity index (χ3v) is 5.66. The van der Waals surface area contributed by atoms with Crippen molar-refractivity contribution in [3.63, 3.8) is 0 Å². The lowest BCUT2D eigenvalue weighted by atomic mass is 10.2. The summed E-state index contributed by atoms with van der Waals surface area (Å²) in [6, 6.07) is 4.98. The maximum atomic E-state index is 13.1. The summed E-state index contributed by atoms with van der Waals surface area (Å²) < 4.78 is 1.84. The fourth-order valence-electron chi connectivity index (χ4n) is 2.73. The number of thioether (sulfide) groups is 1. The molecule has 3 rings (SSSR count). The van der Waals surface area contributed by atoms with E-state index in [4.69, 9.17) is 12.2 Å². The number of thiocarbonyl (C=S) groups is 1.